The van der Waals surface area contributed by atoms with Crippen molar-refractivity contribution in [3.63, 3.8) is 0 Å². The molecule has 120 valence electrons. The fraction of sp³-hybridized carbons (Fsp3) is 0.824. The molecule has 0 amide bonds. The van der Waals surface area contributed by atoms with Gasteiger partial charge in [-0.15, -0.1) is 11.3 Å². The minimum atomic E-state index is 0.278. The summed E-state index contributed by atoms with van der Waals surface area (Å²) in [4.78, 5) is 7.17. The van der Waals surface area contributed by atoms with Crippen molar-refractivity contribution in [2.24, 2.45) is 5.92 Å². The van der Waals surface area contributed by atoms with Crippen molar-refractivity contribution >= 4 is 11.3 Å². The highest BCUT2D eigenvalue weighted by Crippen LogP contribution is 2.38. The Hall–Kier alpha value is -0.450. The molecule has 1 fully saturated rings. The van der Waals surface area contributed by atoms with E-state index < -0.39 is 0 Å². The lowest BCUT2D eigenvalue weighted by Gasteiger charge is -2.50. The Morgan fingerprint density at radius 2 is 2.10 bits per heavy atom. The number of nitrogens with one attached hydrogen (secondary N) is 1. The highest BCUT2D eigenvalue weighted by Gasteiger charge is 2.42. The third kappa shape index (κ3) is 3.85. The van der Waals surface area contributed by atoms with Crippen LogP contribution in [-0.4, -0.2) is 42.1 Å². The van der Waals surface area contributed by atoms with Crippen molar-refractivity contribution in [2.75, 3.05) is 20.6 Å². The van der Waals surface area contributed by atoms with Gasteiger partial charge in [0.15, 0.2) is 0 Å². The van der Waals surface area contributed by atoms with Gasteiger partial charge in [0.25, 0.3) is 0 Å². The van der Waals surface area contributed by atoms with Crippen LogP contribution in [0.5, 0.6) is 0 Å². The molecule has 21 heavy (non-hydrogen) atoms. The predicted octanol–water partition coefficient (Wildman–Crippen LogP) is 3.48. The van der Waals surface area contributed by atoms with Gasteiger partial charge in [0.2, 0.25) is 0 Å². The van der Waals surface area contributed by atoms with Crippen molar-refractivity contribution in [3.05, 3.63) is 16.1 Å². The van der Waals surface area contributed by atoms with Crippen LogP contribution in [0.2, 0.25) is 0 Å². The number of nitrogens with zero attached hydrogens (tertiary/aromatic N) is 2. The van der Waals surface area contributed by atoms with Crippen LogP contribution in [0.1, 0.15) is 50.2 Å². The Balaban J connectivity index is 2.20. The zero-order valence-corrected chi connectivity index (χ0v) is 15.1. The van der Waals surface area contributed by atoms with Gasteiger partial charge in [0.1, 0.15) is 0 Å². The number of thiazole rings is 1. The smallest absolute Gasteiger partial charge is 0.0897 e. The molecule has 2 rings (SSSR count). The second-order valence-electron chi connectivity index (χ2n) is 6.85. The predicted molar refractivity (Wildman–Crippen MR) is 92.1 cm³/mol. The van der Waals surface area contributed by atoms with E-state index in [4.69, 9.17) is 4.98 Å². The van der Waals surface area contributed by atoms with Gasteiger partial charge in [0, 0.05) is 23.4 Å². The number of hydrogen-bond donors (Lipinski definition) is 1. The molecular weight excluding hydrogens is 278 g/mol. The van der Waals surface area contributed by atoms with Gasteiger partial charge in [-0.2, -0.15) is 0 Å². The van der Waals surface area contributed by atoms with Gasteiger partial charge in [0.05, 0.1) is 10.7 Å². The molecule has 3 nitrogen and oxygen atoms in total. The molecule has 4 heteroatoms. The summed E-state index contributed by atoms with van der Waals surface area (Å²) in [5, 5.41) is 7.18. The summed E-state index contributed by atoms with van der Waals surface area (Å²) in [6.45, 7) is 7.74. The zero-order chi connectivity index (χ0) is 15.5. The average Bonchev–Trinajstić information content (AvgIpc) is 2.85. The Kier molecular flexibility index (Phi) is 5.81. The second kappa shape index (κ2) is 7.21. The molecule has 0 spiro atoms. The van der Waals surface area contributed by atoms with E-state index in [1.807, 2.05) is 0 Å². The van der Waals surface area contributed by atoms with E-state index in [1.165, 1.54) is 36.4 Å². The molecule has 1 aliphatic carbocycles. The normalized spacial score (nSPS) is 28.0. The van der Waals surface area contributed by atoms with E-state index in [0.717, 1.165) is 18.9 Å². The van der Waals surface area contributed by atoms with Gasteiger partial charge in [-0.05, 0) is 59.2 Å². The molecule has 1 saturated carbocycles. The fourth-order valence-corrected chi connectivity index (χ4v) is 4.40. The number of aryl methyl sites for hydroxylation is 1. The summed E-state index contributed by atoms with van der Waals surface area (Å²) >= 11 is 1.77. The molecule has 1 aliphatic rings. The van der Waals surface area contributed by atoms with Crippen LogP contribution in [-0.2, 0) is 6.42 Å². The van der Waals surface area contributed by atoms with Crippen molar-refractivity contribution in [3.8, 4) is 0 Å². The summed E-state index contributed by atoms with van der Waals surface area (Å²) in [7, 11) is 4.51. The third-order valence-electron chi connectivity index (χ3n) is 5.21. The maximum atomic E-state index is 4.69. The molecule has 0 bridgehead atoms. The number of hydrogen-bond acceptors (Lipinski definition) is 4. The molecule has 1 unspecified atom stereocenters. The van der Waals surface area contributed by atoms with Crippen LogP contribution in [0.15, 0.2) is 5.38 Å². The Morgan fingerprint density at radius 1 is 1.43 bits per heavy atom. The molecular formula is C17H31N3S. The molecule has 1 aromatic heterocycles. The standard InChI is InChI=1S/C17H31N3S/c1-6-18-16(11-15-12-21-14(3)19-15)17(20(4)5)9-7-13(2)8-10-17/h12-13,16,18H,6-11H2,1-5H3. The van der Waals surface area contributed by atoms with Crippen molar-refractivity contribution < 1.29 is 0 Å². The molecule has 0 saturated heterocycles. The van der Waals surface area contributed by atoms with E-state index in [9.17, 15) is 0 Å². The maximum absolute atomic E-state index is 4.69. The lowest BCUT2D eigenvalue weighted by Crippen LogP contribution is -2.61. The van der Waals surface area contributed by atoms with E-state index in [1.54, 1.807) is 11.3 Å². The Labute approximate surface area is 134 Å². The van der Waals surface area contributed by atoms with Crippen LogP contribution in [0.3, 0.4) is 0 Å². The molecule has 1 heterocycles. The van der Waals surface area contributed by atoms with E-state index >= 15 is 0 Å². The molecule has 0 aromatic carbocycles. The number of aromatic nitrogens is 1. The summed E-state index contributed by atoms with van der Waals surface area (Å²) in [6, 6.07) is 0.492. The van der Waals surface area contributed by atoms with Gasteiger partial charge in [-0.1, -0.05) is 13.8 Å². The first kappa shape index (κ1) is 16.9. The molecule has 1 atom stereocenters. The van der Waals surface area contributed by atoms with Crippen LogP contribution < -0.4 is 5.32 Å². The average molecular weight is 310 g/mol. The maximum Gasteiger partial charge on any atom is 0.0897 e. The van der Waals surface area contributed by atoms with Crippen LogP contribution in [0, 0.1) is 12.8 Å². The second-order valence-corrected chi connectivity index (χ2v) is 7.92. The van der Waals surface area contributed by atoms with E-state index in [2.05, 4.69) is 50.5 Å². The quantitative estimate of drug-likeness (QED) is 0.872. The van der Waals surface area contributed by atoms with Gasteiger partial charge in [-0.3, -0.25) is 0 Å². The monoisotopic (exact) mass is 309 g/mol. The summed E-state index contributed by atoms with van der Waals surface area (Å²) < 4.78 is 0. The minimum Gasteiger partial charge on any atom is -0.312 e. The number of likely N-dealkylation sites (N-methyl/N-ethyl adjacent to an activating group) is 2. The first-order chi connectivity index (χ1) is 9.98. The zero-order valence-electron chi connectivity index (χ0n) is 14.3. The Morgan fingerprint density at radius 3 is 2.57 bits per heavy atom. The summed E-state index contributed by atoms with van der Waals surface area (Å²) in [5.41, 5.74) is 1.53. The van der Waals surface area contributed by atoms with Crippen molar-refractivity contribution in [1.82, 2.24) is 15.2 Å². The van der Waals surface area contributed by atoms with Gasteiger partial charge in [-0.25, -0.2) is 4.98 Å². The van der Waals surface area contributed by atoms with Crippen LogP contribution in [0.25, 0.3) is 0 Å². The Bertz CT molecular complexity index is 433. The lowest BCUT2D eigenvalue weighted by atomic mass is 9.71. The topological polar surface area (TPSA) is 28.2 Å². The molecule has 0 radical (unpaired) electrons. The highest BCUT2D eigenvalue weighted by molar-refractivity contribution is 7.09. The lowest BCUT2D eigenvalue weighted by molar-refractivity contribution is 0.0437. The van der Waals surface area contributed by atoms with Crippen LogP contribution >= 0.6 is 11.3 Å². The van der Waals surface area contributed by atoms with Crippen molar-refractivity contribution in [1.29, 1.82) is 0 Å². The summed E-state index contributed by atoms with van der Waals surface area (Å²) in [6.07, 6.45) is 6.32. The molecule has 1 N–H and O–H groups in total. The van der Waals surface area contributed by atoms with Gasteiger partial charge < -0.3 is 10.2 Å². The third-order valence-corrected chi connectivity index (χ3v) is 6.03. The van der Waals surface area contributed by atoms with E-state index in [-0.39, 0.29) is 5.54 Å². The number of rotatable bonds is 6. The van der Waals surface area contributed by atoms with Crippen LogP contribution in [0.4, 0.5) is 0 Å². The van der Waals surface area contributed by atoms with Gasteiger partial charge >= 0.3 is 0 Å². The first-order valence-corrected chi connectivity index (χ1v) is 9.17. The first-order valence-electron chi connectivity index (χ1n) is 8.29. The summed E-state index contributed by atoms with van der Waals surface area (Å²) in [5.74, 6) is 0.877. The molecule has 0 aliphatic heterocycles. The SMILES string of the molecule is CCNC(Cc1csc(C)n1)C1(N(C)C)CCC(C)CC1. The largest absolute Gasteiger partial charge is 0.312 e. The van der Waals surface area contributed by atoms with E-state index in [0.29, 0.717) is 6.04 Å². The fourth-order valence-electron chi connectivity index (χ4n) is 3.78. The highest BCUT2D eigenvalue weighted by atomic mass is 32.1. The minimum absolute atomic E-state index is 0.278. The van der Waals surface area contributed by atoms with Crippen molar-refractivity contribution in [2.45, 2.75) is 64.5 Å². The molecule has 1 aromatic rings.